The van der Waals surface area contributed by atoms with Gasteiger partial charge >= 0.3 is 0 Å². The number of hydrogen-bond acceptors (Lipinski definition) is 4. The van der Waals surface area contributed by atoms with Gasteiger partial charge in [0.2, 0.25) is 0 Å². The van der Waals surface area contributed by atoms with Crippen LogP contribution in [0.1, 0.15) is 23.5 Å². The smallest absolute Gasteiger partial charge is 0.261 e. The summed E-state index contributed by atoms with van der Waals surface area (Å²) < 4.78 is 2.24. The molecule has 0 unspecified atom stereocenters. The fourth-order valence-electron chi connectivity index (χ4n) is 1.34. The standard InChI is InChI=1S/C12H13NO2S2/c1-7(2)8(14)6-13-12(15)11-5-10-9(17-11)3-4-16-10/h3-5,7H,6H2,1-2H3,(H,13,15). The van der Waals surface area contributed by atoms with Crippen molar-refractivity contribution in [2.75, 3.05) is 6.54 Å². The predicted octanol–water partition coefficient (Wildman–Crippen LogP) is 2.92. The van der Waals surface area contributed by atoms with E-state index in [0.717, 1.165) is 9.40 Å². The number of rotatable bonds is 4. The average molecular weight is 267 g/mol. The van der Waals surface area contributed by atoms with Crippen molar-refractivity contribution in [3.05, 3.63) is 22.4 Å². The first-order valence-corrected chi connectivity index (χ1v) is 7.05. The lowest BCUT2D eigenvalue weighted by Crippen LogP contribution is -2.31. The molecule has 17 heavy (non-hydrogen) atoms. The zero-order valence-corrected chi connectivity index (χ0v) is 11.3. The number of carbonyl (C=O) groups excluding carboxylic acids is 2. The molecular weight excluding hydrogens is 254 g/mol. The Morgan fingerprint density at radius 1 is 1.35 bits per heavy atom. The molecule has 0 aliphatic carbocycles. The van der Waals surface area contributed by atoms with Crippen LogP contribution in [0.15, 0.2) is 17.5 Å². The maximum Gasteiger partial charge on any atom is 0.261 e. The van der Waals surface area contributed by atoms with E-state index < -0.39 is 0 Å². The van der Waals surface area contributed by atoms with E-state index >= 15 is 0 Å². The summed E-state index contributed by atoms with van der Waals surface area (Å²) in [5, 5.41) is 4.66. The Balaban J connectivity index is 2.01. The Hall–Kier alpha value is -1.20. The molecule has 3 nitrogen and oxygen atoms in total. The van der Waals surface area contributed by atoms with Crippen molar-refractivity contribution >= 4 is 43.8 Å². The van der Waals surface area contributed by atoms with Crippen molar-refractivity contribution in [3.63, 3.8) is 0 Å². The topological polar surface area (TPSA) is 46.2 Å². The molecule has 5 heteroatoms. The fraction of sp³-hybridized carbons (Fsp3) is 0.333. The van der Waals surface area contributed by atoms with Crippen LogP contribution >= 0.6 is 22.7 Å². The second kappa shape index (κ2) is 4.98. The third kappa shape index (κ3) is 2.73. The summed E-state index contributed by atoms with van der Waals surface area (Å²) in [5.74, 6) is -0.147. The van der Waals surface area contributed by atoms with E-state index in [1.807, 2.05) is 31.4 Å². The second-order valence-electron chi connectivity index (χ2n) is 4.06. The summed E-state index contributed by atoms with van der Waals surface area (Å²) in [5.41, 5.74) is 0. The Kier molecular flexibility index (Phi) is 3.59. The molecule has 0 atom stereocenters. The molecule has 0 saturated carbocycles. The van der Waals surface area contributed by atoms with Crippen LogP contribution in [-0.4, -0.2) is 18.2 Å². The van der Waals surface area contributed by atoms with Gasteiger partial charge in [-0.15, -0.1) is 22.7 Å². The Bertz CT molecular complexity index is 525. The molecule has 2 heterocycles. The quantitative estimate of drug-likeness (QED) is 0.925. The summed E-state index contributed by atoms with van der Waals surface area (Å²) in [6.45, 7) is 3.77. The Morgan fingerprint density at radius 3 is 2.76 bits per heavy atom. The van der Waals surface area contributed by atoms with Crippen molar-refractivity contribution in [2.45, 2.75) is 13.8 Å². The van der Waals surface area contributed by atoms with Gasteiger partial charge in [0.15, 0.2) is 5.78 Å². The van der Waals surface area contributed by atoms with E-state index in [2.05, 4.69) is 5.32 Å². The molecule has 2 rings (SSSR count). The van der Waals surface area contributed by atoms with Crippen LogP contribution in [-0.2, 0) is 4.79 Å². The highest BCUT2D eigenvalue weighted by Crippen LogP contribution is 2.29. The fourth-order valence-corrected chi connectivity index (χ4v) is 3.36. The van der Waals surface area contributed by atoms with Crippen molar-refractivity contribution in [3.8, 4) is 0 Å². The van der Waals surface area contributed by atoms with Gasteiger partial charge in [-0.2, -0.15) is 0 Å². The third-order valence-corrected chi connectivity index (χ3v) is 4.52. The molecule has 0 aliphatic rings. The summed E-state index contributed by atoms with van der Waals surface area (Å²) in [4.78, 5) is 23.9. The maximum absolute atomic E-state index is 11.8. The zero-order chi connectivity index (χ0) is 12.4. The van der Waals surface area contributed by atoms with Gasteiger partial charge in [0.05, 0.1) is 11.4 Å². The SMILES string of the molecule is CC(C)C(=O)CNC(=O)c1cc2sccc2s1. The van der Waals surface area contributed by atoms with Crippen LogP contribution < -0.4 is 5.32 Å². The number of fused-ring (bicyclic) bond motifs is 1. The molecule has 0 aliphatic heterocycles. The van der Waals surface area contributed by atoms with Crippen molar-refractivity contribution in [1.82, 2.24) is 5.32 Å². The zero-order valence-electron chi connectivity index (χ0n) is 9.65. The average Bonchev–Trinajstić information content (AvgIpc) is 2.84. The molecule has 2 aromatic heterocycles. The van der Waals surface area contributed by atoms with Gasteiger partial charge in [-0.25, -0.2) is 0 Å². The number of ketones is 1. The molecule has 90 valence electrons. The highest BCUT2D eigenvalue weighted by molar-refractivity contribution is 7.27. The third-order valence-electron chi connectivity index (χ3n) is 2.43. The molecule has 1 amide bonds. The van der Waals surface area contributed by atoms with E-state index in [9.17, 15) is 9.59 Å². The van der Waals surface area contributed by atoms with Crippen molar-refractivity contribution in [1.29, 1.82) is 0 Å². The lowest BCUT2D eigenvalue weighted by molar-refractivity contribution is -0.120. The van der Waals surface area contributed by atoms with Crippen LogP contribution in [0.3, 0.4) is 0 Å². The summed E-state index contributed by atoms with van der Waals surface area (Å²) >= 11 is 3.08. The lowest BCUT2D eigenvalue weighted by atomic mass is 10.1. The van der Waals surface area contributed by atoms with Crippen LogP contribution in [0.5, 0.6) is 0 Å². The number of Topliss-reactive ketones (excluding diaryl/α,β-unsaturated/α-hetero) is 1. The first-order chi connectivity index (χ1) is 8.08. The van der Waals surface area contributed by atoms with Crippen LogP contribution in [0.25, 0.3) is 9.40 Å². The molecule has 0 aromatic carbocycles. The minimum atomic E-state index is -0.160. The molecule has 0 saturated heterocycles. The van der Waals surface area contributed by atoms with Gasteiger partial charge in [-0.3, -0.25) is 9.59 Å². The maximum atomic E-state index is 11.8. The molecule has 1 N–H and O–H groups in total. The first-order valence-electron chi connectivity index (χ1n) is 5.36. The van der Waals surface area contributed by atoms with Gasteiger partial charge in [-0.05, 0) is 17.5 Å². The van der Waals surface area contributed by atoms with Gasteiger partial charge in [0.1, 0.15) is 0 Å². The summed E-state index contributed by atoms with van der Waals surface area (Å²) in [6, 6.07) is 3.88. The molecule has 0 radical (unpaired) electrons. The molecule has 0 bridgehead atoms. The largest absolute Gasteiger partial charge is 0.344 e. The molecule has 2 aromatic rings. The number of thiophene rings is 2. The van der Waals surface area contributed by atoms with E-state index in [4.69, 9.17) is 0 Å². The van der Waals surface area contributed by atoms with Crippen molar-refractivity contribution in [2.24, 2.45) is 5.92 Å². The van der Waals surface area contributed by atoms with Crippen LogP contribution in [0, 0.1) is 5.92 Å². The number of amides is 1. The number of nitrogens with one attached hydrogen (secondary N) is 1. The van der Waals surface area contributed by atoms with Crippen molar-refractivity contribution < 1.29 is 9.59 Å². The van der Waals surface area contributed by atoms with E-state index in [-0.39, 0.29) is 24.2 Å². The minimum Gasteiger partial charge on any atom is -0.344 e. The van der Waals surface area contributed by atoms with Gasteiger partial charge in [0, 0.05) is 15.3 Å². The van der Waals surface area contributed by atoms with E-state index in [0.29, 0.717) is 4.88 Å². The summed E-state index contributed by atoms with van der Waals surface area (Å²) in [6.07, 6.45) is 0. The second-order valence-corrected chi connectivity index (χ2v) is 6.09. The summed E-state index contributed by atoms with van der Waals surface area (Å²) in [7, 11) is 0. The van der Waals surface area contributed by atoms with E-state index in [1.165, 1.54) is 11.3 Å². The first kappa shape index (κ1) is 12.3. The lowest BCUT2D eigenvalue weighted by Gasteiger charge is -2.04. The van der Waals surface area contributed by atoms with E-state index in [1.54, 1.807) is 11.3 Å². The monoisotopic (exact) mass is 267 g/mol. The van der Waals surface area contributed by atoms with Crippen LogP contribution in [0.2, 0.25) is 0 Å². The van der Waals surface area contributed by atoms with Gasteiger partial charge < -0.3 is 5.32 Å². The predicted molar refractivity (Wildman–Crippen MR) is 71.9 cm³/mol. The Morgan fingerprint density at radius 2 is 2.12 bits per heavy atom. The van der Waals surface area contributed by atoms with Gasteiger partial charge in [0.25, 0.3) is 5.91 Å². The molecule has 0 spiro atoms. The Labute approximate surface area is 107 Å². The number of hydrogen-bond donors (Lipinski definition) is 1. The van der Waals surface area contributed by atoms with Gasteiger partial charge in [-0.1, -0.05) is 13.8 Å². The number of carbonyl (C=O) groups is 2. The normalized spacial score (nSPS) is 11.0. The highest BCUT2D eigenvalue weighted by atomic mass is 32.1. The van der Waals surface area contributed by atoms with Crippen LogP contribution in [0.4, 0.5) is 0 Å². The minimum absolute atomic E-state index is 0.0397. The highest BCUT2D eigenvalue weighted by Gasteiger charge is 2.13. The molecule has 0 fully saturated rings. The molecular formula is C12H13NO2S2.